The molecule has 1 aromatic rings. The van der Waals surface area contributed by atoms with Gasteiger partial charge in [0, 0.05) is 0 Å². The molecule has 64 valence electrons. The second kappa shape index (κ2) is 4.18. The first-order chi connectivity index (χ1) is 5.58. The average molecular weight is 222 g/mol. The van der Waals surface area contributed by atoms with Crippen LogP contribution in [0.3, 0.4) is 0 Å². The van der Waals surface area contributed by atoms with Crippen molar-refractivity contribution in [2.24, 2.45) is 0 Å². The van der Waals surface area contributed by atoms with Crippen LogP contribution >= 0.6 is 34.8 Å². The molecule has 0 saturated heterocycles. The maximum absolute atomic E-state index is 5.53. The highest BCUT2D eigenvalue weighted by molar-refractivity contribution is 6.69. The monoisotopic (exact) mass is 220 g/mol. The molecule has 0 saturated carbocycles. The molecule has 0 amide bonds. The summed E-state index contributed by atoms with van der Waals surface area (Å²) in [6.07, 6.45) is 3.29. The summed E-state index contributed by atoms with van der Waals surface area (Å²) in [6, 6.07) is 9.67. The number of alkyl halides is 3. The Morgan fingerprint density at radius 1 is 1.00 bits per heavy atom. The highest BCUT2D eigenvalue weighted by atomic mass is 35.6. The molecule has 12 heavy (non-hydrogen) atoms. The van der Waals surface area contributed by atoms with Gasteiger partial charge in [-0.3, -0.25) is 0 Å². The van der Waals surface area contributed by atoms with Gasteiger partial charge in [-0.25, -0.2) is 0 Å². The third-order valence-electron chi connectivity index (χ3n) is 1.26. The minimum Gasteiger partial charge on any atom is -0.0791 e. The van der Waals surface area contributed by atoms with Gasteiger partial charge in [0.25, 0.3) is 0 Å². The predicted molar refractivity (Wildman–Crippen MR) is 55.8 cm³/mol. The van der Waals surface area contributed by atoms with Crippen molar-refractivity contribution in [1.29, 1.82) is 0 Å². The fraction of sp³-hybridized carbons (Fsp3) is 0.111. The maximum atomic E-state index is 5.53. The molecule has 0 aliphatic heterocycles. The van der Waals surface area contributed by atoms with Crippen LogP contribution in [0.25, 0.3) is 6.08 Å². The van der Waals surface area contributed by atoms with Gasteiger partial charge in [0.2, 0.25) is 3.79 Å². The molecule has 0 unspecified atom stereocenters. The number of hydrogen-bond donors (Lipinski definition) is 0. The van der Waals surface area contributed by atoms with E-state index in [0.717, 1.165) is 5.56 Å². The largest absolute Gasteiger partial charge is 0.209 e. The molecule has 0 aromatic heterocycles. The number of allylic oxidation sites excluding steroid dienone is 1. The molecule has 0 bridgehead atoms. The van der Waals surface area contributed by atoms with Crippen LogP contribution in [0, 0.1) is 0 Å². The van der Waals surface area contributed by atoms with E-state index < -0.39 is 3.79 Å². The number of halogens is 3. The van der Waals surface area contributed by atoms with Crippen molar-refractivity contribution in [2.75, 3.05) is 0 Å². The second-order valence-corrected chi connectivity index (χ2v) is 4.65. The first-order valence-electron chi connectivity index (χ1n) is 3.39. The van der Waals surface area contributed by atoms with Gasteiger partial charge in [0.05, 0.1) is 0 Å². The van der Waals surface area contributed by atoms with Crippen LogP contribution in [0.15, 0.2) is 36.4 Å². The Labute approximate surface area is 86.7 Å². The lowest BCUT2D eigenvalue weighted by atomic mass is 10.2. The number of benzene rings is 1. The van der Waals surface area contributed by atoms with Crippen molar-refractivity contribution in [3.05, 3.63) is 42.0 Å². The molecule has 3 heteroatoms. The standard InChI is InChI=1S/C9H7Cl3/c10-9(11,12)7-6-8-4-2-1-3-5-8/h1-7H. The lowest BCUT2D eigenvalue weighted by molar-refractivity contribution is 1.48. The van der Waals surface area contributed by atoms with Crippen LogP contribution < -0.4 is 0 Å². The van der Waals surface area contributed by atoms with Gasteiger partial charge < -0.3 is 0 Å². The molecule has 0 heterocycles. The van der Waals surface area contributed by atoms with Crippen LogP contribution in [0.2, 0.25) is 0 Å². The molecule has 0 atom stereocenters. The molecular formula is C9H7Cl3. The molecule has 1 aromatic carbocycles. The van der Waals surface area contributed by atoms with E-state index in [4.69, 9.17) is 34.8 Å². The van der Waals surface area contributed by atoms with Crippen LogP contribution in [0.5, 0.6) is 0 Å². The van der Waals surface area contributed by atoms with E-state index in [1.807, 2.05) is 30.3 Å². The molecule has 0 N–H and O–H groups in total. The van der Waals surface area contributed by atoms with Crippen molar-refractivity contribution in [2.45, 2.75) is 3.79 Å². The summed E-state index contributed by atoms with van der Waals surface area (Å²) in [7, 11) is 0. The minimum absolute atomic E-state index is 1.02. The SMILES string of the molecule is ClC(Cl)(Cl)C=Cc1ccccc1. The molecule has 0 nitrogen and oxygen atoms in total. The second-order valence-electron chi connectivity index (χ2n) is 2.29. The smallest absolute Gasteiger partial charge is 0.0791 e. The summed E-state index contributed by atoms with van der Waals surface area (Å²) in [4.78, 5) is 0. The molecule has 0 radical (unpaired) electrons. The Kier molecular flexibility index (Phi) is 3.45. The zero-order valence-electron chi connectivity index (χ0n) is 6.18. The summed E-state index contributed by atoms with van der Waals surface area (Å²) < 4.78 is -1.31. The maximum Gasteiger partial charge on any atom is 0.209 e. The molecule has 0 spiro atoms. The summed E-state index contributed by atoms with van der Waals surface area (Å²) in [5.74, 6) is 0. The van der Waals surface area contributed by atoms with Gasteiger partial charge in [-0.15, -0.1) is 0 Å². The van der Waals surface area contributed by atoms with Crippen molar-refractivity contribution in [3.8, 4) is 0 Å². The Morgan fingerprint density at radius 3 is 2.08 bits per heavy atom. The van der Waals surface area contributed by atoms with Gasteiger partial charge in [0.1, 0.15) is 0 Å². The van der Waals surface area contributed by atoms with Crippen molar-refractivity contribution >= 4 is 40.9 Å². The van der Waals surface area contributed by atoms with E-state index in [2.05, 4.69) is 0 Å². The average Bonchev–Trinajstić information content (AvgIpc) is 2.02. The van der Waals surface area contributed by atoms with E-state index in [1.165, 1.54) is 6.08 Å². The van der Waals surface area contributed by atoms with Crippen LogP contribution in [0.1, 0.15) is 5.56 Å². The topological polar surface area (TPSA) is 0 Å². The summed E-state index contributed by atoms with van der Waals surface area (Å²) in [6.45, 7) is 0. The first-order valence-corrected chi connectivity index (χ1v) is 4.52. The van der Waals surface area contributed by atoms with Gasteiger partial charge in [-0.1, -0.05) is 71.2 Å². The van der Waals surface area contributed by atoms with Gasteiger partial charge >= 0.3 is 0 Å². The van der Waals surface area contributed by atoms with E-state index in [0.29, 0.717) is 0 Å². The molecule has 0 aliphatic carbocycles. The summed E-state index contributed by atoms with van der Waals surface area (Å²) in [5.41, 5.74) is 1.02. The van der Waals surface area contributed by atoms with Crippen molar-refractivity contribution < 1.29 is 0 Å². The lowest BCUT2D eigenvalue weighted by Crippen LogP contribution is -1.93. The van der Waals surface area contributed by atoms with Gasteiger partial charge in [-0.05, 0) is 11.6 Å². The zero-order chi connectivity index (χ0) is 9.03. The Bertz CT molecular complexity index is 259. The van der Waals surface area contributed by atoms with Crippen LogP contribution in [-0.4, -0.2) is 3.79 Å². The normalized spacial score (nSPS) is 12.2. The predicted octanol–water partition coefficient (Wildman–Crippen LogP) is 4.07. The highest BCUT2D eigenvalue weighted by Crippen LogP contribution is 2.28. The Hall–Kier alpha value is -0.170. The van der Waals surface area contributed by atoms with Crippen molar-refractivity contribution in [1.82, 2.24) is 0 Å². The van der Waals surface area contributed by atoms with E-state index in [9.17, 15) is 0 Å². The first kappa shape index (κ1) is 9.91. The zero-order valence-corrected chi connectivity index (χ0v) is 8.44. The third kappa shape index (κ3) is 4.01. The van der Waals surface area contributed by atoms with Gasteiger partial charge in [0.15, 0.2) is 0 Å². The summed E-state index contributed by atoms with van der Waals surface area (Å²) >= 11 is 16.6. The van der Waals surface area contributed by atoms with E-state index >= 15 is 0 Å². The van der Waals surface area contributed by atoms with Gasteiger partial charge in [-0.2, -0.15) is 0 Å². The van der Waals surface area contributed by atoms with Crippen LogP contribution in [-0.2, 0) is 0 Å². The third-order valence-corrected chi connectivity index (χ3v) is 1.64. The van der Waals surface area contributed by atoms with Crippen molar-refractivity contribution in [3.63, 3.8) is 0 Å². The quantitative estimate of drug-likeness (QED) is 0.627. The van der Waals surface area contributed by atoms with Crippen LogP contribution in [0.4, 0.5) is 0 Å². The van der Waals surface area contributed by atoms with E-state index in [-0.39, 0.29) is 0 Å². The molecule has 1 rings (SSSR count). The molecule has 0 aliphatic rings. The highest BCUT2D eigenvalue weighted by Gasteiger charge is 2.13. The Morgan fingerprint density at radius 2 is 1.58 bits per heavy atom. The number of hydrogen-bond acceptors (Lipinski definition) is 0. The lowest BCUT2D eigenvalue weighted by Gasteiger charge is -2.01. The Balaban J connectivity index is 2.71. The number of rotatable bonds is 1. The fourth-order valence-corrected chi connectivity index (χ4v) is 0.944. The van der Waals surface area contributed by atoms with E-state index in [1.54, 1.807) is 6.08 Å². The molecule has 0 fully saturated rings. The minimum atomic E-state index is -1.31. The fourth-order valence-electron chi connectivity index (χ4n) is 0.755. The molecular weight excluding hydrogens is 214 g/mol. The summed E-state index contributed by atoms with van der Waals surface area (Å²) in [5, 5.41) is 0.